The predicted octanol–water partition coefficient (Wildman–Crippen LogP) is 4.13. The van der Waals surface area contributed by atoms with E-state index in [2.05, 4.69) is 37.5 Å². The number of H-pyrrole nitrogens is 1. The third-order valence-corrected chi connectivity index (χ3v) is 6.64. The molecule has 1 saturated heterocycles. The maximum Gasteiger partial charge on any atom is 0.272 e. The molecule has 0 amide bonds. The number of piperazine rings is 1. The van der Waals surface area contributed by atoms with Gasteiger partial charge in [0.25, 0.3) is 5.56 Å². The molecule has 1 aliphatic rings. The van der Waals surface area contributed by atoms with E-state index in [1.54, 1.807) is 12.3 Å². The van der Waals surface area contributed by atoms with Gasteiger partial charge in [0, 0.05) is 61.0 Å². The van der Waals surface area contributed by atoms with Gasteiger partial charge in [-0.25, -0.2) is 14.5 Å². The molecule has 0 spiro atoms. The standard InChI is InChI=1S/C29H26FN5O/c1-4-21-7-10-28(31-18-21)35-13-11-34(12-14-35)20(3)24-16-22(6-9-26(24)30)17-27-25-15-19(2)5-8-23(25)29(36)33-32-27/h1,5-10,15-16,18H,3,11-14,17H2,2H3,(H,33,36). The SMILES string of the molecule is C#Cc1ccc(N2CCN(C(=C)c3cc(Cc4n[nH]c(=O)c5ccc(C)cc45)ccc3F)CC2)nc1. The fourth-order valence-electron chi connectivity index (χ4n) is 4.60. The molecule has 0 aliphatic carbocycles. The van der Waals surface area contributed by atoms with Crippen LogP contribution >= 0.6 is 0 Å². The van der Waals surface area contributed by atoms with Crippen molar-refractivity contribution in [1.82, 2.24) is 20.1 Å². The molecule has 3 heterocycles. The first-order chi connectivity index (χ1) is 17.4. The van der Waals surface area contributed by atoms with E-state index in [4.69, 9.17) is 6.42 Å². The Kier molecular flexibility index (Phi) is 6.26. The highest BCUT2D eigenvalue weighted by Gasteiger charge is 2.21. The third-order valence-electron chi connectivity index (χ3n) is 6.64. The number of rotatable bonds is 5. The van der Waals surface area contributed by atoms with Gasteiger partial charge in [0.05, 0.1) is 11.1 Å². The lowest BCUT2D eigenvalue weighted by atomic mass is 10.00. The molecule has 5 rings (SSSR count). The minimum atomic E-state index is -0.312. The molecule has 7 heteroatoms. The van der Waals surface area contributed by atoms with Gasteiger partial charge in [-0.1, -0.05) is 30.2 Å². The Bertz CT molecular complexity index is 1540. The number of nitrogens with zero attached hydrogens (tertiary/aromatic N) is 4. The fourth-order valence-corrected chi connectivity index (χ4v) is 4.60. The second kappa shape index (κ2) is 9.67. The van der Waals surface area contributed by atoms with Crippen molar-refractivity contribution in [2.45, 2.75) is 13.3 Å². The molecule has 0 unspecified atom stereocenters. The second-order valence-electron chi connectivity index (χ2n) is 9.01. The van der Waals surface area contributed by atoms with Crippen molar-refractivity contribution in [1.29, 1.82) is 0 Å². The Morgan fingerprint density at radius 2 is 1.92 bits per heavy atom. The molecule has 1 aliphatic heterocycles. The third kappa shape index (κ3) is 4.58. The van der Waals surface area contributed by atoms with Crippen LogP contribution in [0.5, 0.6) is 0 Å². The lowest BCUT2D eigenvalue weighted by Crippen LogP contribution is -2.45. The number of aromatic amines is 1. The number of fused-ring (bicyclic) bond motifs is 1. The zero-order valence-corrected chi connectivity index (χ0v) is 20.1. The Hall–Kier alpha value is -4.44. The number of aromatic nitrogens is 3. The van der Waals surface area contributed by atoms with E-state index in [1.807, 2.05) is 43.3 Å². The van der Waals surface area contributed by atoms with Crippen molar-refractivity contribution < 1.29 is 4.39 Å². The monoisotopic (exact) mass is 479 g/mol. The summed E-state index contributed by atoms with van der Waals surface area (Å²) >= 11 is 0. The van der Waals surface area contributed by atoms with Gasteiger partial charge in [0.15, 0.2) is 0 Å². The summed E-state index contributed by atoms with van der Waals surface area (Å²) in [5.41, 5.74) is 4.34. The van der Waals surface area contributed by atoms with Crippen LogP contribution in [-0.4, -0.2) is 46.3 Å². The molecule has 1 N–H and O–H groups in total. The smallest absolute Gasteiger partial charge is 0.272 e. The number of halogens is 1. The molecular formula is C29H26FN5O. The van der Waals surface area contributed by atoms with Crippen LogP contribution in [0.1, 0.15) is 27.9 Å². The fraction of sp³-hybridized carbons (Fsp3) is 0.207. The Morgan fingerprint density at radius 1 is 1.11 bits per heavy atom. The summed E-state index contributed by atoms with van der Waals surface area (Å²) < 4.78 is 14.9. The topological polar surface area (TPSA) is 65.1 Å². The van der Waals surface area contributed by atoms with Gasteiger partial charge in [0.1, 0.15) is 11.6 Å². The minimum absolute atomic E-state index is 0.219. The molecule has 6 nitrogen and oxygen atoms in total. The van der Waals surface area contributed by atoms with Crippen LogP contribution in [0.2, 0.25) is 0 Å². The van der Waals surface area contributed by atoms with E-state index in [0.717, 1.165) is 46.7 Å². The molecular weight excluding hydrogens is 453 g/mol. The van der Waals surface area contributed by atoms with E-state index >= 15 is 0 Å². The summed E-state index contributed by atoms with van der Waals surface area (Å²) in [7, 11) is 0. The quantitative estimate of drug-likeness (QED) is 0.436. The van der Waals surface area contributed by atoms with Crippen LogP contribution in [0.4, 0.5) is 10.2 Å². The van der Waals surface area contributed by atoms with Crippen LogP contribution in [0.15, 0.2) is 66.1 Å². The number of anilines is 1. The molecule has 0 bridgehead atoms. The van der Waals surface area contributed by atoms with E-state index in [9.17, 15) is 9.18 Å². The van der Waals surface area contributed by atoms with Crippen LogP contribution in [0.25, 0.3) is 16.5 Å². The van der Waals surface area contributed by atoms with Gasteiger partial charge in [-0.2, -0.15) is 5.10 Å². The molecule has 0 atom stereocenters. The molecule has 1 fully saturated rings. The van der Waals surface area contributed by atoms with Crippen molar-refractivity contribution >= 4 is 22.3 Å². The van der Waals surface area contributed by atoms with Crippen LogP contribution in [0, 0.1) is 25.1 Å². The average Bonchev–Trinajstić information content (AvgIpc) is 2.91. The first-order valence-electron chi connectivity index (χ1n) is 11.8. The highest BCUT2D eigenvalue weighted by molar-refractivity contribution is 5.84. The van der Waals surface area contributed by atoms with E-state index in [-0.39, 0.29) is 11.4 Å². The molecule has 0 radical (unpaired) electrons. The lowest BCUT2D eigenvalue weighted by Gasteiger charge is -2.37. The number of pyridine rings is 1. The number of benzene rings is 2. The molecule has 36 heavy (non-hydrogen) atoms. The zero-order valence-electron chi connectivity index (χ0n) is 20.1. The number of hydrogen-bond acceptors (Lipinski definition) is 5. The lowest BCUT2D eigenvalue weighted by molar-refractivity contribution is 0.365. The van der Waals surface area contributed by atoms with Crippen molar-refractivity contribution in [2.24, 2.45) is 0 Å². The largest absolute Gasteiger partial charge is 0.368 e. The molecule has 180 valence electrons. The van der Waals surface area contributed by atoms with Crippen LogP contribution < -0.4 is 10.5 Å². The van der Waals surface area contributed by atoms with E-state index < -0.39 is 0 Å². The Balaban J connectivity index is 1.33. The van der Waals surface area contributed by atoms with Gasteiger partial charge >= 0.3 is 0 Å². The Labute approximate surface area is 209 Å². The molecule has 4 aromatic rings. The first kappa shape index (κ1) is 23.3. The summed E-state index contributed by atoms with van der Waals surface area (Å²) in [6.45, 7) is 9.09. The van der Waals surface area contributed by atoms with Crippen LogP contribution in [-0.2, 0) is 6.42 Å². The van der Waals surface area contributed by atoms with Gasteiger partial charge in [0.2, 0.25) is 0 Å². The number of hydrogen-bond donors (Lipinski definition) is 1. The summed E-state index contributed by atoms with van der Waals surface area (Å²) in [6, 6.07) is 14.6. The van der Waals surface area contributed by atoms with Crippen molar-refractivity contribution in [2.75, 3.05) is 31.1 Å². The Morgan fingerprint density at radius 3 is 2.64 bits per heavy atom. The number of terminal acetylenes is 1. The van der Waals surface area contributed by atoms with E-state index in [0.29, 0.717) is 36.2 Å². The van der Waals surface area contributed by atoms with Crippen molar-refractivity contribution in [3.05, 3.63) is 105 Å². The van der Waals surface area contributed by atoms with Gasteiger partial charge in [-0.3, -0.25) is 4.79 Å². The highest BCUT2D eigenvalue weighted by Crippen LogP contribution is 2.26. The predicted molar refractivity (Wildman–Crippen MR) is 141 cm³/mol. The summed E-state index contributed by atoms with van der Waals surface area (Å²) in [5, 5.41) is 8.28. The molecule has 2 aromatic carbocycles. The normalized spacial score (nSPS) is 13.6. The number of aryl methyl sites for hydroxylation is 1. The molecule has 0 saturated carbocycles. The highest BCUT2D eigenvalue weighted by atomic mass is 19.1. The minimum Gasteiger partial charge on any atom is -0.368 e. The summed E-state index contributed by atoms with van der Waals surface area (Å²) in [4.78, 5) is 20.9. The van der Waals surface area contributed by atoms with Crippen molar-refractivity contribution in [3.63, 3.8) is 0 Å². The number of nitrogens with one attached hydrogen (secondary N) is 1. The van der Waals surface area contributed by atoms with Gasteiger partial charge in [-0.15, -0.1) is 6.42 Å². The van der Waals surface area contributed by atoms with Crippen molar-refractivity contribution in [3.8, 4) is 12.3 Å². The molecule has 2 aromatic heterocycles. The maximum atomic E-state index is 14.9. The van der Waals surface area contributed by atoms with Gasteiger partial charge < -0.3 is 9.80 Å². The van der Waals surface area contributed by atoms with E-state index in [1.165, 1.54) is 6.07 Å². The maximum absolute atomic E-state index is 14.9. The summed E-state index contributed by atoms with van der Waals surface area (Å²) in [6.07, 6.45) is 7.58. The van der Waals surface area contributed by atoms with Gasteiger partial charge in [-0.05, 0) is 48.9 Å². The second-order valence-corrected chi connectivity index (χ2v) is 9.01. The zero-order chi connectivity index (χ0) is 25.2. The average molecular weight is 480 g/mol. The first-order valence-corrected chi connectivity index (χ1v) is 11.8. The van der Waals surface area contributed by atoms with Crippen LogP contribution in [0.3, 0.4) is 0 Å². The summed E-state index contributed by atoms with van der Waals surface area (Å²) in [5.74, 6) is 3.15.